The van der Waals surface area contributed by atoms with Crippen molar-refractivity contribution in [2.24, 2.45) is 0 Å². The maximum atomic E-state index is 11.0. The summed E-state index contributed by atoms with van der Waals surface area (Å²) in [5, 5.41) is 9.46. The average molecular weight is 209 g/mol. The Morgan fingerprint density at radius 1 is 1.73 bits per heavy atom. The molecule has 1 aliphatic rings. The van der Waals surface area contributed by atoms with Crippen molar-refractivity contribution in [2.75, 3.05) is 13.7 Å². The topological polar surface area (TPSA) is 49.8 Å². The molecule has 15 heavy (non-hydrogen) atoms. The summed E-state index contributed by atoms with van der Waals surface area (Å²) in [4.78, 5) is 12.7. The number of rotatable bonds is 3. The highest BCUT2D eigenvalue weighted by atomic mass is 16.5. The number of hydrogen-bond acceptors (Lipinski definition) is 4. The number of likely N-dealkylation sites (N-methyl/N-ethyl adjacent to an activating group) is 1. The zero-order valence-electron chi connectivity index (χ0n) is 8.88. The number of esters is 1. The number of carbonyl (C=O) groups excluding carboxylic acids is 1. The molecule has 0 saturated carbocycles. The zero-order valence-corrected chi connectivity index (χ0v) is 8.88. The van der Waals surface area contributed by atoms with Crippen LogP contribution in [0.5, 0.6) is 0 Å². The molecule has 0 saturated heterocycles. The lowest BCUT2D eigenvalue weighted by Crippen LogP contribution is -2.26. The van der Waals surface area contributed by atoms with Crippen LogP contribution in [0.2, 0.25) is 0 Å². The highest BCUT2D eigenvalue weighted by Crippen LogP contribution is 2.11. The van der Waals surface area contributed by atoms with Crippen LogP contribution in [0.3, 0.4) is 0 Å². The van der Waals surface area contributed by atoms with E-state index in [0.717, 1.165) is 5.57 Å². The van der Waals surface area contributed by atoms with Gasteiger partial charge in [-0.25, -0.2) is 4.79 Å². The van der Waals surface area contributed by atoms with Gasteiger partial charge in [-0.1, -0.05) is 0 Å². The van der Waals surface area contributed by atoms with Crippen molar-refractivity contribution in [3.63, 3.8) is 0 Å². The van der Waals surface area contributed by atoms with E-state index in [0.29, 0.717) is 6.61 Å². The van der Waals surface area contributed by atoms with Crippen molar-refractivity contribution in [3.8, 4) is 0 Å². The molecule has 0 aliphatic carbocycles. The Morgan fingerprint density at radius 3 is 3.07 bits per heavy atom. The highest BCUT2D eigenvalue weighted by molar-refractivity contribution is 5.82. The van der Waals surface area contributed by atoms with E-state index in [2.05, 4.69) is 0 Å². The van der Waals surface area contributed by atoms with Crippen LogP contribution in [0.4, 0.5) is 0 Å². The molecule has 0 aromatic heterocycles. The van der Waals surface area contributed by atoms with Crippen molar-refractivity contribution < 1.29 is 14.6 Å². The summed E-state index contributed by atoms with van der Waals surface area (Å²) in [7, 11) is 1.77. The molecule has 4 heteroatoms. The van der Waals surface area contributed by atoms with Gasteiger partial charge in [-0.2, -0.15) is 0 Å². The molecule has 1 heterocycles. The Labute approximate surface area is 89.1 Å². The van der Waals surface area contributed by atoms with Crippen LogP contribution in [-0.4, -0.2) is 35.9 Å². The van der Waals surface area contributed by atoms with Crippen LogP contribution >= 0.6 is 0 Å². The maximum Gasteiger partial charge on any atom is 0.330 e. The van der Waals surface area contributed by atoms with E-state index in [4.69, 9.17) is 4.74 Å². The third-order valence-electron chi connectivity index (χ3n) is 1.96. The Hall–Kier alpha value is -1.55. The molecule has 0 spiro atoms. The molecule has 0 aromatic carbocycles. The molecule has 0 fully saturated rings. The molecule has 1 unspecified atom stereocenters. The van der Waals surface area contributed by atoms with Crippen molar-refractivity contribution in [2.45, 2.75) is 13.2 Å². The number of allylic oxidation sites excluding steroid dienone is 3. The standard InChI is InChI=1S/C11H15NO3/c1-3-15-11(14)5-4-9-6-7-12(2)10(13)8-9/h4-8,10,13H,3H2,1-2H3/b5-4+. The van der Waals surface area contributed by atoms with Gasteiger partial charge in [0.05, 0.1) is 6.61 Å². The minimum absolute atomic E-state index is 0.365. The summed E-state index contributed by atoms with van der Waals surface area (Å²) < 4.78 is 4.73. The van der Waals surface area contributed by atoms with Crippen molar-refractivity contribution in [1.29, 1.82) is 0 Å². The van der Waals surface area contributed by atoms with Gasteiger partial charge in [-0.15, -0.1) is 0 Å². The molecule has 0 bridgehead atoms. The number of hydrogen-bond donors (Lipinski definition) is 1. The minimum Gasteiger partial charge on any atom is -0.463 e. The largest absolute Gasteiger partial charge is 0.463 e. The zero-order chi connectivity index (χ0) is 11.3. The third kappa shape index (κ3) is 3.59. The third-order valence-corrected chi connectivity index (χ3v) is 1.96. The number of aliphatic hydroxyl groups is 1. The van der Waals surface area contributed by atoms with Gasteiger partial charge < -0.3 is 14.7 Å². The van der Waals surface area contributed by atoms with Crippen molar-refractivity contribution in [1.82, 2.24) is 4.90 Å². The fraction of sp³-hybridized carbons (Fsp3) is 0.364. The Kier molecular flexibility index (Phi) is 4.12. The summed E-state index contributed by atoms with van der Waals surface area (Å²) in [6.07, 6.45) is 7.52. The fourth-order valence-corrected chi connectivity index (χ4v) is 1.10. The smallest absolute Gasteiger partial charge is 0.330 e. The first-order valence-electron chi connectivity index (χ1n) is 4.78. The molecular formula is C11H15NO3. The summed E-state index contributed by atoms with van der Waals surface area (Å²) in [5.41, 5.74) is 0.786. The molecule has 4 nitrogen and oxygen atoms in total. The van der Waals surface area contributed by atoms with Gasteiger partial charge in [-0.3, -0.25) is 0 Å². The molecule has 1 aliphatic heterocycles. The fourth-order valence-electron chi connectivity index (χ4n) is 1.10. The molecular weight excluding hydrogens is 194 g/mol. The van der Waals surface area contributed by atoms with E-state index in [1.54, 1.807) is 37.2 Å². The molecule has 1 atom stereocenters. The number of ether oxygens (including phenoxy) is 1. The quantitative estimate of drug-likeness (QED) is 0.552. The van der Waals surface area contributed by atoms with Gasteiger partial charge in [0.15, 0.2) is 0 Å². The molecule has 0 aromatic rings. The predicted molar refractivity (Wildman–Crippen MR) is 56.8 cm³/mol. The van der Waals surface area contributed by atoms with Gasteiger partial charge in [-0.05, 0) is 30.7 Å². The molecule has 0 amide bonds. The Bertz CT molecular complexity index is 318. The van der Waals surface area contributed by atoms with E-state index in [9.17, 15) is 9.90 Å². The Balaban J connectivity index is 2.56. The van der Waals surface area contributed by atoms with Crippen molar-refractivity contribution in [3.05, 3.63) is 36.1 Å². The van der Waals surface area contributed by atoms with E-state index in [1.807, 2.05) is 6.08 Å². The first kappa shape index (κ1) is 11.5. The Morgan fingerprint density at radius 2 is 2.47 bits per heavy atom. The van der Waals surface area contributed by atoms with Crippen LogP contribution in [-0.2, 0) is 9.53 Å². The number of nitrogens with zero attached hydrogens (tertiary/aromatic N) is 1. The lowest BCUT2D eigenvalue weighted by molar-refractivity contribution is -0.137. The van der Waals surface area contributed by atoms with E-state index < -0.39 is 6.23 Å². The van der Waals surface area contributed by atoms with Crippen LogP contribution in [0.15, 0.2) is 36.1 Å². The van der Waals surface area contributed by atoms with Crippen molar-refractivity contribution >= 4 is 5.97 Å². The second kappa shape index (κ2) is 5.36. The molecule has 82 valence electrons. The van der Waals surface area contributed by atoms with Crippen LogP contribution < -0.4 is 0 Å². The molecule has 1 rings (SSSR count). The second-order valence-electron chi connectivity index (χ2n) is 3.15. The summed E-state index contributed by atoms with van der Waals surface area (Å²) in [6, 6.07) is 0. The molecule has 1 N–H and O–H groups in total. The lowest BCUT2D eigenvalue weighted by Gasteiger charge is -2.22. The highest BCUT2D eigenvalue weighted by Gasteiger charge is 2.08. The van der Waals surface area contributed by atoms with Crippen LogP contribution in [0.25, 0.3) is 0 Å². The number of carbonyl (C=O) groups is 1. The second-order valence-corrected chi connectivity index (χ2v) is 3.15. The predicted octanol–water partition coefficient (Wildman–Crippen LogP) is 0.810. The summed E-state index contributed by atoms with van der Waals surface area (Å²) in [5.74, 6) is -0.375. The van der Waals surface area contributed by atoms with E-state index in [1.165, 1.54) is 6.08 Å². The average Bonchev–Trinajstić information content (AvgIpc) is 2.20. The lowest BCUT2D eigenvalue weighted by atomic mass is 10.1. The van der Waals surface area contributed by atoms with E-state index in [-0.39, 0.29) is 5.97 Å². The maximum absolute atomic E-state index is 11.0. The van der Waals surface area contributed by atoms with Crippen LogP contribution in [0.1, 0.15) is 6.92 Å². The van der Waals surface area contributed by atoms with Gasteiger partial charge in [0, 0.05) is 19.3 Å². The van der Waals surface area contributed by atoms with Gasteiger partial charge in [0.25, 0.3) is 0 Å². The SMILES string of the molecule is CCOC(=O)/C=C/C1=CC(O)N(C)C=C1. The molecule has 0 radical (unpaired) electrons. The first-order valence-corrected chi connectivity index (χ1v) is 4.78. The van der Waals surface area contributed by atoms with Gasteiger partial charge in [0.2, 0.25) is 0 Å². The first-order chi connectivity index (χ1) is 7.13. The van der Waals surface area contributed by atoms with E-state index >= 15 is 0 Å². The number of aliphatic hydroxyl groups excluding tert-OH is 1. The van der Waals surface area contributed by atoms with Gasteiger partial charge in [0.1, 0.15) is 6.23 Å². The monoisotopic (exact) mass is 209 g/mol. The normalized spacial score (nSPS) is 20.6. The summed E-state index contributed by atoms with van der Waals surface area (Å²) in [6.45, 7) is 2.12. The minimum atomic E-state index is -0.642. The summed E-state index contributed by atoms with van der Waals surface area (Å²) >= 11 is 0. The van der Waals surface area contributed by atoms with Gasteiger partial charge >= 0.3 is 5.97 Å². The van der Waals surface area contributed by atoms with Crippen LogP contribution in [0, 0.1) is 0 Å².